The Hall–Kier alpha value is -3.15. The second kappa shape index (κ2) is 7.00. The summed E-state index contributed by atoms with van der Waals surface area (Å²) < 4.78 is 6.59. The van der Waals surface area contributed by atoms with Gasteiger partial charge in [-0.05, 0) is 26.0 Å². The van der Waals surface area contributed by atoms with Crippen LogP contribution in [0.1, 0.15) is 34.6 Å². The van der Waals surface area contributed by atoms with Gasteiger partial charge in [0.1, 0.15) is 5.75 Å². The maximum Gasteiger partial charge on any atom is 0.274 e. The molecular weight excluding hydrogens is 330 g/mol. The number of amides is 1. The average molecular weight is 351 g/mol. The molecule has 0 saturated carbocycles. The topological polar surface area (TPSA) is 73.2 Å². The zero-order valence-electron chi connectivity index (χ0n) is 15.2. The first-order chi connectivity index (χ1) is 12.4. The second-order valence-electron chi connectivity index (χ2n) is 6.26. The lowest BCUT2D eigenvalue weighted by atomic mass is 10.0. The number of carbonyl (C=O) groups excluding carboxylic acids is 1. The van der Waals surface area contributed by atoms with Crippen molar-refractivity contribution in [2.45, 2.75) is 19.9 Å². The summed E-state index contributed by atoms with van der Waals surface area (Å²) in [5, 5.41) is 8.13. The smallest absolute Gasteiger partial charge is 0.274 e. The molecule has 3 aromatic rings. The van der Waals surface area contributed by atoms with Crippen molar-refractivity contribution < 1.29 is 9.53 Å². The molecule has 1 heterocycles. The Morgan fingerprint density at radius 2 is 1.88 bits per heavy atom. The zero-order valence-corrected chi connectivity index (χ0v) is 15.2. The molecule has 6 heteroatoms. The summed E-state index contributed by atoms with van der Waals surface area (Å²) in [6.07, 6.45) is 0. The van der Waals surface area contributed by atoms with E-state index in [4.69, 9.17) is 4.74 Å². The lowest BCUT2D eigenvalue weighted by molar-refractivity contribution is 0.0934. The number of methoxy groups -OCH3 is 1. The molecule has 0 aliphatic heterocycles. The van der Waals surface area contributed by atoms with Crippen LogP contribution < -0.4 is 15.6 Å². The van der Waals surface area contributed by atoms with Gasteiger partial charge in [0.05, 0.1) is 18.5 Å². The minimum absolute atomic E-state index is 0.223. The van der Waals surface area contributed by atoms with Crippen LogP contribution in [0.3, 0.4) is 0 Å². The summed E-state index contributed by atoms with van der Waals surface area (Å²) in [4.78, 5) is 25.1. The predicted octanol–water partition coefficient (Wildman–Crippen LogP) is 2.74. The first kappa shape index (κ1) is 17.7. The number of benzene rings is 2. The highest BCUT2D eigenvalue weighted by molar-refractivity contribution is 6.04. The van der Waals surface area contributed by atoms with E-state index in [1.165, 1.54) is 4.68 Å². The molecule has 1 aromatic heterocycles. The number of hydrogen-bond acceptors (Lipinski definition) is 4. The van der Waals surface area contributed by atoms with Gasteiger partial charge in [0.2, 0.25) is 0 Å². The Kier molecular flexibility index (Phi) is 4.75. The quantitative estimate of drug-likeness (QED) is 0.784. The summed E-state index contributed by atoms with van der Waals surface area (Å²) in [5.41, 5.74) is 1.95. The van der Waals surface area contributed by atoms with E-state index in [0.29, 0.717) is 16.5 Å². The Morgan fingerprint density at radius 3 is 2.58 bits per heavy atom. The third-order valence-electron chi connectivity index (χ3n) is 4.37. The van der Waals surface area contributed by atoms with Crippen LogP contribution in [0.2, 0.25) is 0 Å². The molecule has 0 radical (unpaired) electrons. The van der Waals surface area contributed by atoms with Crippen LogP contribution in [-0.4, -0.2) is 22.8 Å². The van der Waals surface area contributed by atoms with Crippen molar-refractivity contribution in [1.29, 1.82) is 0 Å². The molecule has 1 amide bonds. The van der Waals surface area contributed by atoms with Crippen LogP contribution in [-0.2, 0) is 7.05 Å². The Bertz CT molecular complexity index is 1040. The van der Waals surface area contributed by atoms with Crippen LogP contribution in [0, 0.1) is 6.92 Å². The summed E-state index contributed by atoms with van der Waals surface area (Å²) in [6, 6.07) is 12.5. The van der Waals surface area contributed by atoms with E-state index in [1.807, 2.05) is 32.0 Å². The molecule has 0 spiro atoms. The van der Waals surface area contributed by atoms with Gasteiger partial charge in [-0.15, -0.1) is 0 Å². The van der Waals surface area contributed by atoms with Gasteiger partial charge in [-0.1, -0.05) is 35.9 Å². The number of hydrogen-bond donors (Lipinski definition) is 1. The van der Waals surface area contributed by atoms with Gasteiger partial charge in [-0.3, -0.25) is 9.59 Å². The lowest BCUT2D eigenvalue weighted by Crippen LogP contribution is -2.31. The highest BCUT2D eigenvalue weighted by atomic mass is 16.5. The summed E-state index contributed by atoms with van der Waals surface area (Å²) in [5.74, 6) is 0.370. The number of aromatic nitrogens is 2. The van der Waals surface area contributed by atoms with Crippen molar-refractivity contribution in [3.05, 3.63) is 69.6 Å². The molecular formula is C20H21N3O3. The highest BCUT2D eigenvalue weighted by Gasteiger charge is 2.19. The van der Waals surface area contributed by atoms with Gasteiger partial charge in [0, 0.05) is 18.0 Å². The molecule has 134 valence electrons. The molecule has 0 aliphatic rings. The van der Waals surface area contributed by atoms with Crippen molar-refractivity contribution in [2.24, 2.45) is 7.05 Å². The fourth-order valence-corrected chi connectivity index (χ4v) is 3.00. The van der Waals surface area contributed by atoms with Crippen LogP contribution in [0.5, 0.6) is 5.75 Å². The first-order valence-corrected chi connectivity index (χ1v) is 8.34. The van der Waals surface area contributed by atoms with Crippen LogP contribution >= 0.6 is 0 Å². The predicted molar refractivity (Wildman–Crippen MR) is 101 cm³/mol. The van der Waals surface area contributed by atoms with E-state index in [-0.39, 0.29) is 23.2 Å². The van der Waals surface area contributed by atoms with Crippen LogP contribution in [0.25, 0.3) is 10.8 Å². The maximum absolute atomic E-state index is 12.9. The van der Waals surface area contributed by atoms with Crippen molar-refractivity contribution in [3.63, 3.8) is 0 Å². The molecule has 0 fully saturated rings. The number of rotatable bonds is 4. The van der Waals surface area contributed by atoms with E-state index in [2.05, 4.69) is 10.4 Å². The number of aryl methyl sites for hydroxylation is 2. The molecule has 1 N–H and O–H groups in total. The fraction of sp³-hybridized carbons (Fsp3) is 0.250. The number of nitrogens with zero attached hydrogens (tertiary/aromatic N) is 2. The lowest BCUT2D eigenvalue weighted by Gasteiger charge is -2.18. The van der Waals surface area contributed by atoms with Gasteiger partial charge >= 0.3 is 0 Å². The standard InChI is InChI=1S/C20H21N3O3/c1-12-9-10-17(26-4)16(11-12)13(2)21-19(24)18-14-7-5-6-8-15(14)20(25)23(3)22-18/h5-11,13H,1-4H3,(H,21,24)/t13-/m1/s1. The van der Waals surface area contributed by atoms with Gasteiger partial charge < -0.3 is 10.1 Å². The summed E-state index contributed by atoms with van der Waals surface area (Å²) >= 11 is 0. The molecule has 0 saturated heterocycles. The van der Waals surface area contributed by atoms with Gasteiger partial charge in [0.25, 0.3) is 11.5 Å². The van der Waals surface area contributed by atoms with E-state index >= 15 is 0 Å². The largest absolute Gasteiger partial charge is 0.496 e. The number of nitrogens with one attached hydrogen (secondary N) is 1. The number of fused-ring (bicyclic) bond motifs is 1. The van der Waals surface area contributed by atoms with E-state index in [1.54, 1.807) is 38.4 Å². The summed E-state index contributed by atoms with van der Waals surface area (Å²) in [6.45, 7) is 3.87. The zero-order chi connectivity index (χ0) is 18.8. The van der Waals surface area contributed by atoms with Crippen molar-refractivity contribution in [2.75, 3.05) is 7.11 Å². The van der Waals surface area contributed by atoms with Crippen molar-refractivity contribution in [1.82, 2.24) is 15.1 Å². The maximum atomic E-state index is 12.9. The molecule has 1 atom stereocenters. The van der Waals surface area contributed by atoms with Gasteiger partial charge in [-0.2, -0.15) is 5.10 Å². The summed E-state index contributed by atoms with van der Waals surface area (Å²) in [7, 11) is 3.14. The molecule has 0 unspecified atom stereocenters. The Balaban J connectivity index is 1.99. The number of carbonyl (C=O) groups is 1. The molecule has 0 bridgehead atoms. The molecule has 0 aliphatic carbocycles. The third-order valence-corrected chi connectivity index (χ3v) is 4.37. The third kappa shape index (κ3) is 3.18. The monoisotopic (exact) mass is 351 g/mol. The van der Waals surface area contributed by atoms with Gasteiger partial charge in [0.15, 0.2) is 5.69 Å². The van der Waals surface area contributed by atoms with Crippen LogP contribution in [0.4, 0.5) is 0 Å². The minimum Gasteiger partial charge on any atom is -0.496 e. The SMILES string of the molecule is COc1ccc(C)cc1[C@@H](C)NC(=O)c1nn(C)c(=O)c2ccccc12. The Morgan fingerprint density at radius 1 is 1.19 bits per heavy atom. The number of ether oxygens (including phenoxy) is 1. The van der Waals surface area contributed by atoms with Crippen molar-refractivity contribution in [3.8, 4) is 5.75 Å². The molecule has 3 rings (SSSR count). The Labute approximate surface area is 151 Å². The molecule has 6 nitrogen and oxygen atoms in total. The molecule has 2 aromatic carbocycles. The second-order valence-corrected chi connectivity index (χ2v) is 6.26. The fourth-order valence-electron chi connectivity index (χ4n) is 3.00. The van der Waals surface area contributed by atoms with Crippen molar-refractivity contribution >= 4 is 16.7 Å². The van der Waals surface area contributed by atoms with Gasteiger partial charge in [-0.25, -0.2) is 4.68 Å². The van der Waals surface area contributed by atoms with E-state index in [9.17, 15) is 9.59 Å². The average Bonchev–Trinajstić information content (AvgIpc) is 2.64. The minimum atomic E-state index is -0.340. The first-order valence-electron chi connectivity index (χ1n) is 8.34. The highest BCUT2D eigenvalue weighted by Crippen LogP contribution is 2.26. The van der Waals surface area contributed by atoms with E-state index in [0.717, 1.165) is 11.1 Å². The van der Waals surface area contributed by atoms with Crippen LogP contribution in [0.15, 0.2) is 47.3 Å². The normalized spacial score (nSPS) is 12.0. The van der Waals surface area contributed by atoms with E-state index < -0.39 is 0 Å². The molecule has 26 heavy (non-hydrogen) atoms.